The van der Waals surface area contributed by atoms with E-state index in [2.05, 4.69) is 16.2 Å². The number of rotatable bonds is 6. The van der Waals surface area contributed by atoms with Crippen LogP contribution >= 0.6 is 23.8 Å². The molecule has 1 rings (SSSR count). The normalized spacial score (nSPS) is 9.70. The number of hydrogen-bond donors (Lipinski definition) is 3. The lowest BCUT2D eigenvalue weighted by molar-refractivity contribution is -0.123. The molecular weight excluding hydrogens is 302 g/mol. The fraction of sp³-hybridized carbons (Fsp3) is 0.333. The molecule has 0 radical (unpaired) electrons. The second kappa shape index (κ2) is 9.35. The van der Waals surface area contributed by atoms with Crippen molar-refractivity contribution in [1.29, 1.82) is 0 Å². The molecule has 0 saturated carbocycles. The smallest absolute Gasteiger partial charge is 0.276 e. The van der Waals surface area contributed by atoms with E-state index in [1.54, 1.807) is 31.4 Å². The Kier molecular flexibility index (Phi) is 7.71. The number of hydrazine groups is 1. The van der Waals surface area contributed by atoms with Crippen molar-refractivity contribution in [2.45, 2.75) is 0 Å². The number of halogens is 1. The number of thiocarbonyl (C=S) groups is 1. The predicted molar refractivity (Wildman–Crippen MR) is 80.7 cm³/mol. The number of ether oxygens (including phenoxy) is 2. The van der Waals surface area contributed by atoms with Crippen molar-refractivity contribution in [2.24, 2.45) is 0 Å². The van der Waals surface area contributed by atoms with Gasteiger partial charge in [0.2, 0.25) is 0 Å². The second-order valence-electron chi connectivity index (χ2n) is 3.64. The summed E-state index contributed by atoms with van der Waals surface area (Å²) in [4.78, 5) is 11.5. The minimum absolute atomic E-state index is 0.169. The van der Waals surface area contributed by atoms with Crippen LogP contribution in [0.25, 0.3) is 0 Å². The quantitative estimate of drug-likeness (QED) is 0.411. The lowest BCUT2D eigenvalue weighted by Gasteiger charge is -2.12. The van der Waals surface area contributed by atoms with E-state index in [9.17, 15) is 4.79 Å². The van der Waals surface area contributed by atoms with E-state index in [0.29, 0.717) is 29.0 Å². The zero-order chi connectivity index (χ0) is 14.8. The van der Waals surface area contributed by atoms with Gasteiger partial charge in [0.05, 0.1) is 11.6 Å². The molecule has 1 aromatic carbocycles. The molecule has 1 aromatic rings. The van der Waals surface area contributed by atoms with Crippen molar-refractivity contribution in [3.05, 3.63) is 29.3 Å². The van der Waals surface area contributed by atoms with Gasteiger partial charge in [0, 0.05) is 13.7 Å². The first kappa shape index (κ1) is 16.5. The predicted octanol–water partition coefficient (Wildman–Crippen LogP) is 0.861. The lowest BCUT2D eigenvalue weighted by Crippen LogP contribution is -2.48. The summed E-state index contributed by atoms with van der Waals surface area (Å²) in [5.41, 5.74) is 4.94. The summed E-state index contributed by atoms with van der Waals surface area (Å²) in [5, 5.41) is 3.59. The van der Waals surface area contributed by atoms with Gasteiger partial charge in [-0.1, -0.05) is 23.7 Å². The number of amides is 1. The van der Waals surface area contributed by atoms with Gasteiger partial charge < -0.3 is 14.8 Å². The van der Waals surface area contributed by atoms with Crippen LogP contribution in [0.3, 0.4) is 0 Å². The fourth-order valence-corrected chi connectivity index (χ4v) is 1.52. The van der Waals surface area contributed by atoms with E-state index in [-0.39, 0.29) is 12.5 Å². The molecule has 110 valence electrons. The van der Waals surface area contributed by atoms with Crippen molar-refractivity contribution in [1.82, 2.24) is 16.2 Å². The molecule has 0 heterocycles. The SMILES string of the molecule is COCCNC(=S)NNC(=O)COc1ccccc1Cl. The van der Waals surface area contributed by atoms with E-state index in [1.165, 1.54) is 0 Å². The number of carbonyl (C=O) groups is 1. The lowest BCUT2D eigenvalue weighted by atomic mass is 10.3. The van der Waals surface area contributed by atoms with Crippen LogP contribution < -0.4 is 20.9 Å². The molecule has 6 nitrogen and oxygen atoms in total. The highest BCUT2D eigenvalue weighted by Crippen LogP contribution is 2.22. The molecule has 0 aromatic heterocycles. The van der Waals surface area contributed by atoms with Gasteiger partial charge in [-0.25, -0.2) is 0 Å². The maximum absolute atomic E-state index is 11.5. The fourth-order valence-electron chi connectivity index (χ4n) is 1.18. The molecule has 20 heavy (non-hydrogen) atoms. The Hall–Kier alpha value is -1.57. The highest BCUT2D eigenvalue weighted by atomic mass is 35.5. The Labute approximate surface area is 127 Å². The summed E-state index contributed by atoms with van der Waals surface area (Å²) in [5.74, 6) is 0.0749. The van der Waals surface area contributed by atoms with Crippen LogP contribution in [-0.2, 0) is 9.53 Å². The van der Waals surface area contributed by atoms with Gasteiger partial charge in [0.1, 0.15) is 5.75 Å². The third-order valence-electron chi connectivity index (χ3n) is 2.10. The molecule has 0 aliphatic carbocycles. The van der Waals surface area contributed by atoms with E-state index >= 15 is 0 Å². The van der Waals surface area contributed by atoms with Crippen molar-refractivity contribution in [3.8, 4) is 5.75 Å². The standard InChI is InChI=1S/C12H16ClN3O3S/c1-18-7-6-14-12(20)16-15-11(17)8-19-10-5-3-2-4-9(10)13/h2-5H,6-8H2,1H3,(H,15,17)(H2,14,16,20). The molecule has 0 saturated heterocycles. The molecule has 0 aliphatic heterocycles. The molecule has 3 N–H and O–H groups in total. The van der Waals surface area contributed by atoms with Gasteiger partial charge in [0.25, 0.3) is 5.91 Å². The third kappa shape index (κ3) is 6.55. The maximum Gasteiger partial charge on any atom is 0.276 e. The van der Waals surface area contributed by atoms with Crippen LogP contribution in [0.15, 0.2) is 24.3 Å². The van der Waals surface area contributed by atoms with Crippen molar-refractivity contribution in [2.75, 3.05) is 26.9 Å². The summed E-state index contributed by atoms with van der Waals surface area (Å²) >= 11 is 10.8. The average Bonchev–Trinajstić information content (AvgIpc) is 2.44. The number of methoxy groups -OCH3 is 1. The van der Waals surface area contributed by atoms with Gasteiger partial charge >= 0.3 is 0 Å². The molecule has 1 amide bonds. The van der Waals surface area contributed by atoms with Crippen LogP contribution in [-0.4, -0.2) is 37.9 Å². The average molecular weight is 318 g/mol. The number of carbonyl (C=O) groups excluding carboxylic acids is 1. The summed E-state index contributed by atoms with van der Waals surface area (Å²) in [6, 6.07) is 6.91. The Morgan fingerprint density at radius 1 is 1.35 bits per heavy atom. The van der Waals surface area contributed by atoms with Gasteiger partial charge in [-0.2, -0.15) is 0 Å². The zero-order valence-corrected chi connectivity index (χ0v) is 12.5. The van der Waals surface area contributed by atoms with Crippen LogP contribution in [0.4, 0.5) is 0 Å². The molecule has 8 heteroatoms. The highest BCUT2D eigenvalue weighted by Gasteiger charge is 2.05. The van der Waals surface area contributed by atoms with Crippen molar-refractivity contribution in [3.63, 3.8) is 0 Å². The van der Waals surface area contributed by atoms with E-state index in [4.69, 9.17) is 33.3 Å². The zero-order valence-electron chi connectivity index (χ0n) is 10.9. The first-order valence-electron chi connectivity index (χ1n) is 5.82. The van der Waals surface area contributed by atoms with Crippen LogP contribution in [0.2, 0.25) is 5.02 Å². The Bertz CT molecular complexity index is 459. The Morgan fingerprint density at radius 3 is 2.80 bits per heavy atom. The summed E-state index contributed by atoms with van der Waals surface area (Å²) in [6.07, 6.45) is 0. The van der Waals surface area contributed by atoms with Crippen LogP contribution in [0.5, 0.6) is 5.75 Å². The number of hydrogen-bond acceptors (Lipinski definition) is 4. The monoisotopic (exact) mass is 317 g/mol. The summed E-state index contributed by atoms with van der Waals surface area (Å²) < 4.78 is 10.1. The van der Waals surface area contributed by atoms with E-state index < -0.39 is 0 Å². The summed E-state index contributed by atoms with van der Waals surface area (Å²) in [7, 11) is 1.59. The molecule has 0 bridgehead atoms. The van der Waals surface area contributed by atoms with Gasteiger partial charge in [-0.05, 0) is 24.4 Å². The molecule has 0 unspecified atom stereocenters. The molecule has 0 aliphatic rings. The second-order valence-corrected chi connectivity index (χ2v) is 4.46. The molecular formula is C12H16ClN3O3S. The molecule has 0 atom stereocenters. The number of nitrogens with one attached hydrogen (secondary N) is 3. The highest BCUT2D eigenvalue weighted by molar-refractivity contribution is 7.80. The molecule has 0 spiro atoms. The Balaban J connectivity index is 2.21. The van der Waals surface area contributed by atoms with Gasteiger partial charge in [0.15, 0.2) is 11.7 Å². The van der Waals surface area contributed by atoms with Crippen LogP contribution in [0, 0.1) is 0 Å². The number of benzene rings is 1. The maximum atomic E-state index is 11.5. The topological polar surface area (TPSA) is 71.6 Å². The first-order valence-corrected chi connectivity index (χ1v) is 6.61. The van der Waals surface area contributed by atoms with E-state index in [1.807, 2.05) is 0 Å². The minimum atomic E-state index is -0.374. The van der Waals surface area contributed by atoms with E-state index in [0.717, 1.165) is 0 Å². The largest absolute Gasteiger partial charge is 0.482 e. The molecule has 0 fully saturated rings. The number of para-hydroxylation sites is 1. The van der Waals surface area contributed by atoms with Gasteiger partial charge in [-0.3, -0.25) is 15.6 Å². The van der Waals surface area contributed by atoms with Gasteiger partial charge in [-0.15, -0.1) is 0 Å². The first-order chi connectivity index (χ1) is 9.63. The third-order valence-corrected chi connectivity index (χ3v) is 2.66. The van der Waals surface area contributed by atoms with Crippen LogP contribution in [0.1, 0.15) is 0 Å². The summed E-state index contributed by atoms with van der Waals surface area (Å²) in [6.45, 7) is 0.900. The van der Waals surface area contributed by atoms with Crippen molar-refractivity contribution >= 4 is 34.8 Å². The Morgan fingerprint density at radius 2 is 2.10 bits per heavy atom. The minimum Gasteiger partial charge on any atom is -0.482 e. The van der Waals surface area contributed by atoms with Crippen molar-refractivity contribution < 1.29 is 14.3 Å².